The lowest BCUT2D eigenvalue weighted by molar-refractivity contribution is -0.138. The molecule has 0 atom stereocenters. The van der Waals surface area contributed by atoms with E-state index in [0.29, 0.717) is 12.1 Å². The molecular formula is C10H5ClF3NO2. The molecule has 3 nitrogen and oxygen atoms in total. The minimum absolute atomic E-state index is 0.326. The van der Waals surface area contributed by atoms with E-state index in [0.717, 1.165) is 0 Å². The Labute approximate surface area is 99.0 Å². The first kappa shape index (κ1) is 13.3. The second kappa shape index (κ2) is 4.63. The Morgan fingerprint density at radius 3 is 2.47 bits per heavy atom. The van der Waals surface area contributed by atoms with Crippen molar-refractivity contribution < 1.29 is 23.1 Å². The number of carbonyl (C=O) groups excluding carboxylic acids is 1. The number of carbonyl (C=O) groups is 1. The summed E-state index contributed by atoms with van der Waals surface area (Å²) in [5.41, 5.74) is -2.16. The van der Waals surface area contributed by atoms with Gasteiger partial charge in [-0.25, -0.2) is 0 Å². The highest BCUT2D eigenvalue weighted by molar-refractivity contribution is 6.30. The maximum Gasteiger partial charge on any atom is 0.419 e. The number of Topliss-reactive ketones (excluding diaryl/α,β-unsaturated/α-hetero) is 1. The van der Waals surface area contributed by atoms with Gasteiger partial charge in [0.1, 0.15) is 5.75 Å². The Morgan fingerprint density at radius 2 is 2.06 bits per heavy atom. The normalized spacial score (nSPS) is 11.0. The second-order valence-electron chi connectivity index (χ2n) is 3.08. The van der Waals surface area contributed by atoms with Gasteiger partial charge in [0.15, 0.2) is 5.78 Å². The van der Waals surface area contributed by atoms with Crippen LogP contribution in [0.3, 0.4) is 0 Å². The molecule has 0 unspecified atom stereocenters. The van der Waals surface area contributed by atoms with E-state index in [1.165, 1.54) is 6.07 Å². The van der Waals surface area contributed by atoms with Crippen LogP contribution in [-0.4, -0.2) is 16.8 Å². The lowest BCUT2D eigenvalue weighted by Gasteiger charge is -2.11. The Morgan fingerprint density at radius 1 is 1.47 bits per heavy atom. The Kier molecular flexibility index (Phi) is 3.63. The van der Waals surface area contributed by atoms with Crippen molar-refractivity contribution in [2.75, 3.05) is 5.88 Å². The number of nitriles is 1. The summed E-state index contributed by atoms with van der Waals surface area (Å²) in [7, 11) is 0. The zero-order valence-electron chi connectivity index (χ0n) is 8.18. The molecule has 1 aromatic carbocycles. The average Bonchev–Trinajstić information content (AvgIpc) is 2.26. The van der Waals surface area contributed by atoms with Gasteiger partial charge in [0.05, 0.1) is 23.1 Å². The van der Waals surface area contributed by atoms with Gasteiger partial charge in [-0.15, -0.1) is 11.6 Å². The topological polar surface area (TPSA) is 61.1 Å². The largest absolute Gasteiger partial charge is 0.507 e. The van der Waals surface area contributed by atoms with Crippen LogP contribution in [0.2, 0.25) is 0 Å². The second-order valence-corrected chi connectivity index (χ2v) is 3.35. The van der Waals surface area contributed by atoms with E-state index in [9.17, 15) is 18.0 Å². The van der Waals surface area contributed by atoms with Crippen LogP contribution >= 0.6 is 11.6 Å². The summed E-state index contributed by atoms with van der Waals surface area (Å²) in [4.78, 5) is 11.2. The molecule has 0 saturated carbocycles. The number of phenolic OH excluding ortho intramolecular Hbond substituents is 1. The number of alkyl halides is 4. The van der Waals surface area contributed by atoms with Crippen LogP contribution in [0.5, 0.6) is 5.75 Å². The minimum atomic E-state index is -4.79. The van der Waals surface area contributed by atoms with Crippen LogP contribution in [0.25, 0.3) is 0 Å². The van der Waals surface area contributed by atoms with Gasteiger partial charge in [-0.2, -0.15) is 18.4 Å². The van der Waals surface area contributed by atoms with Crippen molar-refractivity contribution in [2.45, 2.75) is 6.18 Å². The number of phenols is 1. The molecular weight excluding hydrogens is 259 g/mol. The number of hydrogen-bond acceptors (Lipinski definition) is 3. The summed E-state index contributed by atoms with van der Waals surface area (Å²) in [5.74, 6) is -2.32. The third-order valence-corrected chi connectivity index (χ3v) is 2.23. The molecule has 0 saturated heterocycles. The maximum absolute atomic E-state index is 12.4. The van der Waals surface area contributed by atoms with E-state index in [-0.39, 0.29) is 5.56 Å². The van der Waals surface area contributed by atoms with Gasteiger partial charge in [-0.05, 0) is 12.1 Å². The highest BCUT2D eigenvalue weighted by Gasteiger charge is 2.35. The van der Waals surface area contributed by atoms with E-state index < -0.39 is 34.7 Å². The fraction of sp³-hybridized carbons (Fsp3) is 0.200. The molecule has 0 amide bonds. The van der Waals surface area contributed by atoms with Crippen LogP contribution in [0, 0.1) is 11.3 Å². The molecule has 1 aromatic rings. The fourth-order valence-corrected chi connectivity index (χ4v) is 1.35. The van der Waals surface area contributed by atoms with E-state index in [1.807, 2.05) is 0 Å². The standard InChI is InChI=1S/C10H5ClF3NO2/c11-3-9(17)6-2-8(16)7(10(12,13)14)1-5(6)4-15/h1-2,16H,3H2. The number of halogens is 4. The van der Waals surface area contributed by atoms with Crippen molar-refractivity contribution in [2.24, 2.45) is 0 Å². The molecule has 0 heterocycles. The number of benzene rings is 1. The molecule has 0 bridgehead atoms. The predicted molar refractivity (Wildman–Crippen MR) is 52.9 cm³/mol. The quantitative estimate of drug-likeness (QED) is 0.659. The molecule has 0 aliphatic carbocycles. The van der Waals surface area contributed by atoms with E-state index in [1.54, 1.807) is 0 Å². The van der Waals surface area contributed by atoms with Gasteiger partial charge in [0.2, 0.25) is 0 Å². The predicted octanol–water partition coefficient (Wildman–Crippen LogP) is 2.70. The van der Waals surface area contributed by atoms with E-state index in [2.05, 4.69) is 0 Å². The molecule has 1 rings (SSSR count). The number of hydrogen-bond donors (Lipinski definition) is 1. The minimum Gasteiger partial charge on any atom is -0.507 e. The summed E-state index contributed by atoms with van der Waals surface area (Å²) < 4.78 is 37.2. The fourth-order valence-electron chi connectivity index (χ4n) is 1.21. The van der Waals surface area contributed by atoms with E-state index >= 15 is 0 Å². The summed E-state index contributed by atoms with van der Waals surface area (Å²) in [6.07, 6.45) is -4.79. The first-order chi connectivity index (χ1) is 7.81. The van der Waals surface area contributed by atoms with Crippen molar-refractivity contribution >= 4 is 17.4 Å². The van der Waals surface area contributed by atoms with E-state index in [4.69, 9.17) is 22.0 Å². The molecule has 0 aliphatic heterocycles. The lowest BCUT2D eigenvalue weighted by Crippen LogP contribution is -2.09. The number of ketones is 1. The summed E-state index contributed by atoms with van der Waals surface area (Å²) >= 11 is 5.23. The van der Waals surface area contributed by atoms with Crippen LogP contribution in [0.1, 0.15) is 21.5 Å². The third-order valence-electron chi connectivity index (χ3n) is 1.98. The number of aromatic hydroxyl groups is 1. The van der Waals surface area contributed by atoms with Gasteiger partial charge in [0, 0.05) is 5.56 Å². The van der Waals surface area contributed by atoms with Crippen LogP contribution < -0.4 is 0 Å². The van der Waals surface area contributed by atoms with Crippen LogP contribution in [-0.2, 0) is 6.18 Å². The number of rotatable bonds is 2. The van der Waals surface area contributed by atoms with Crippen LogP contribution in [0.15, 0.2) is 12.1 Å². The lowest BCUT2D eigenvalue weighted by atomic mass is 10.0. The Balaban J connectivity index is 3.47. The zero-order valence-corrected chi connectivity index (χ0v) is 8.93. The molecule has 7 heteroatoms. The Bertz CT molecular complexity index is 505. The van der Waals surface area contributed by atoms with Crippen molar-refractivity contribution in [3.05, 3.63) is 28.8 Å². The zero-order chi connectivity index (χ0) is 13.2. The smallest absolute Gasteiger partial charge is 0.419 e. The molecule has 0 spiro atoms. The van der Waals surface area contributed by atoms with Crippen molar-refractivity contribution in [3.63, 3.8) is 0 Å². The highest BCUT2D eigenvalue weighted by Crippen LogP contribution is 2.37. The maximum atomic E-state index is 12.4. The van der Waals surface area contributed by atoms with Crippen molar-refractivity contribution in [3.8, 4) is 11.8 Å². The molecule has 17 heavy (non-hydrogen) atoms. The molecule has 0 aliphatic rings. The molecule has 0 aromatic heterocycles. The van der Waals surface area contributed by atoms with Gasteiger partial charge in [-0.3, -0.25) is 4.79 Å². The molecule has 90 valence electrons. The van der Waals surface area contributed by atoms with Crippen molar-refractivity contribution in [1.29, 1.82) is 5.26 Å². The summed E-state index contributed by atoms with van der Waals surface area (Å²) in [6, 6.07) is 2.49. The molecule has 1 N–H and O–H groups in total. The average molecular weight is 264 g/mol. The molecule has 0 fully saturated rings. The molecule has 0 radical (unpaired) electrons. The first-order valence-electron chi connectivity index (χ1n) is 4.24. The van der Waals surface area contributed by atoms with Crippen molar-refractivity contribution in [1.82, 2.24) is 0 Å². The Hall–Kier alpha value is -1.74. The SMILES string of the molecule is N#Cc1cc(C(F)(F)F)c(O)cc1C(=O)CCl. The number of nitrogens with zero attached hydrogens (tertiary/aromatic N) is 1. The monoisotopic (exact) mass is 263 g/mol. The van der Waals surface area contributed by atoms with Crippen LogP contribution in [0.4, 0.5) is 13.2 Å². The van der Waals surface area contributed by atoms with Gasteiger partial charge in [0.25, 0.3) is 0 Å². The van der Waals surface area contributed by atoms with Gasteiger partial charge in [-0.1, -0.05) is 0 Å². The third kappa shape index (κ3) is 2.68. The van der Waals surface area contributed by atoms with Gasteiger partial charge >= 0.3 is 6.18 Å². The highest BCUT2D eigenvalue weighted by atomic mass is 35.5. The summed E-state index contributed by atoms with van der Waals surface area (Å²) in [6.45, 7) is 0. The van der Waals surface area contributed by atoms with Gasteiger partial charge < -0.3 is 5.11 Å². The first-order valence-corrected chi connectivity index (χ1v) is 4.78. The summed E-state index contributed by atoms with van der Waals surface area (Å²) in [5, 5.41) is 17.8.